The number of aromatic nitrogens is 1. The summed E-state index contributed by atoms with van der Waals surface area (Å²) in [7, 11) is 0. The minimum atomic E-state index is -0.977. The molecule has 6 heteroatoms. The second-order valence-electron chi connectivity index (χ2n) is 4.77. The van der Waals surface area contributed by atoms with Gasteiger partial charge in [0, 0.05) is 23.3 Å². The molecule has 0 bridgehead atoms. The number of hydrogen-bond acceptors (Lipinski definition) is 3. The van der Waals surface area contributed by atoms with Gasteiger partial charge >= 0.3 is 0 Å². The lowest BCUT2D eigenvalue weighted by Gasteiger charge is -2.11. The van der Waals surface area contributed by atoms with Gasteiger partial charge in [0.1, 0.15) is 5.52 Å². The van der Waals surface area contributed by atoms with E-state index < -0.39 is 11.6 Å². The molecule has 0 unspecified atom stereocenters. The van der Waals surface area contributed by atoms with Gasteiger partial charge in [0.05, 0.1) is 6.54 Å². The van der Waals surface area contributed by atoms with Crippen LogP contribution in [-0.2, 0) is 4.79 Å². The molecule has 2 aromatic rings. The Balaban J connectivity index is 2.27. The van der Waals surface area contributed by atoms with Crippen molar-refractivity contribution in [1.82, 2.24) is 10.3 Å². The Hall–Kier alpha value is -2.24. The molecule has 0 aliphatic carbocycles. The van der Waals surface area contributed by atoms with Crippen LogP contribution in [0.3, 0.4) is 0 Å². The van der Waals surface area contributed by atoms with Gasteiger partial charge in [-0.1, -0.05) is 6.92 Å². The van der Waals surface area contributed by atoms with Crippen molar-refractivity contribution in [3.8, 4) is 0 Å². The highest BCUT2D eigenvalue weighted by atomic mass is 19.2. The summed E-state index contributed by atoms with van der Waals surface area (Å²) in [5.41, 5.74) is 1.07. The van der Waals surface area contributed by atoms with Crippen LogP contribution >= 0.6 is 0 Å². The van der Waals surface area contributed by atoms with E-state index in [0.717, 1.165) is 12.5 Å². The van der Waals surface area contributed by atoms with Crippen molar-refractivity contribution in [2.45, 2.75) is 20.3 Å². The van der Waals surface area contributed by atoms with Crippen molar-refractivity contribution in [3.63, 3.8) is 0 Å². The van der Waals surface area contributed by atoms with Crippen molar-refractivity contribution in [2.24, 2.45) is 0 Å². The van der Waals surface area contributed by atoms with E-state index in [9.17, 15) is 13.6 Å². The van der Waals surface area contributed by atoms with Crippen molar-refractivity contribution in [1.29, 1.82) is 0 Å². The molecular weight excluding hydrogens is 276 g/mol. The number of aryl methyl sites for hydroxylation is 1. The summed E-state index contributed by atoms with van der Waals surface area (Å²) in [6.45, 7) is 4.32. The second kappa shape index (κ2) is 6.47. The molecule has 1 aromatic heterocycles. The normalized spacial score (nSPS) is 10.7. The lowest BCUT2D eigenvalue weighted by Crippen LogP contribution is -2.30. The maximum atomic E-state index is 13.8. The predicted octanol–water partition coefficient (Wildman–Crippen LogP) is 2.76. The topological polar surface area (TPSA) is 54.0 Å². The van der Waals surface area contributed by atoms with Crippen LogP contribution in [0.4, 0.5) is 14.5 Å². The Morgan fingerprint density at radius 2 is 2.10 bits per heavy atom. The van der Waals surface area contributed by atoms with E-state index in [1.54, 1.807) is 13.0 Å². The maximum absolute atomic E-state index is 13.8. The first-order valence-corrected chi connectivity index (χ1v) is 6.79. The fraction of sp³-hybridized carbons (Fsp3) is 0.333. The Morgan fingerprint density at radius 3 is 2.81 bits per heavy atom. The van der Waals surface area contributed by atoms with Crippen LogP contribution in [0.15, 0.2) is 18.2 Å². The van der Waals surface area contributed by atoms with Gasteiger partial charge in [-0.2, -0.15) is 0 Å². The number of amides is 1. The number of carbonyl (C=O) groups is 1. The van der Waals surface area contributed by atoms with Crippen LogP contribution in [0.5, 0.6) is 0 Å². The highest BCUT2D eigenvalue weighted by molar-refractivity contribution is 5.93. The third-order valence-corrected chi connectivity index (χ3v) is 3.01. The Kier molecular flexibility index (Phi) is 4.67. The fourth-order valence-corrected chi connectivity index (χ4v) is 2.01. The number of halogens is 2. The van der Waals surface area contributed by atoms with Gasteiger partial charge in [-0.15, -0.1) is 0 Å². The lowest BCUT2D eigenvalue weighted by molar-refractivity contribution is -0.119. The van der Waals surface area contributed by atoms with Gasteiger partial charge in [-0.05, 0) is 31.5 Å². The van der Waals surface area contributed by atoms with Crippen LogP contribution in [-0.4, -0.2) is 24.0 Å². The monoisotopic (exact) mass is 293 g/mol. The molecule has 0 saturated carbocycles. The number of rotatable bonds is 5. The van der Waals surface area contributed by atoms with Gasteiger partial charge in [0.2, 0.25) is 5.91 Å². The molecular formula is C15H17F2N3O. The van der Waals surface area contributed by atoms with Crippen LogP contribution in [0.2, 0.25) is 0 Å². The number of fused-ring (bicyclic) bond motifs is 1. The molecule has 0 atom stereocenters. The van der Waals surface area contributed by atoms with Crippen molar-refractivity contribution < 1.29 is 13.6 Å². The van der Waals surface area contributed by atoms with Gasteiger partial charge in [-0.3, -0.25) is 4.79 Å². The molecule has 0 fully saturated rings. The van der Waals surface area contributed by atoms with Gasteiger partial charge in [0.15, 0.2) is 11.6 Å². The van der Waals surface area contributed by atoms with E-state index in [-0.39, 0.29) is 18.0 Å². The maximum Gasteiger partial charge on any atom is 0.239 e. The SMILES string of the molecule is CCCNC(=O)CNc1cc(C)nc2c(F)c(F)ccc12. The number of nitrogens with zero attached hydrogens (tertiary/aromatic N) is 1. The molecule has 0 aliphatic heterocycles. The van der Waals surface area contributed by atoms with Gasteiger partial charge < -0.3 is 10.6 Å². The van der Waals surface area contributed by atoms with Crippen molar-refractivity contribution >= 4 is 22.5 Å². The first-order chi connectivity index (χ1) is 10.0. The minimum Gasteiger partial charge on any atom is -0.376 e. The molecule has 21 heavy (non-hydrogen) atoms. The first kappa shape index (κ1) is 15.2. The third-order valence-electron chi connectivity index (χ3n) is 3.01. The summed E-state index contributed by atoms with van der Waals surface area (Å²) >= 11 is 0. The zero-order chi connectivity index (χ0) is 15.4. The summed E-state index contributed by atoms with van der Waals surface area (Å²) in [5, 5.41) is 6.12. The highest BCUT2D eigenvalue weighted by Gasteiger charge is 2.12. The molecule has 0 radical (unpaired) electrons. The van der Waals surface area contributed by atoms with E-state index in [1.165, 1.54) is 6.07 Å². The Bertz CT molecular complexity index is 674. The average molecular weight is 293 g/mol. The minimum absolute atomic E-state index is 0.0357. The van der Waals surface area contributed by atoms with Gasteiger partial charge in [-0.25, -0.2) is 13.8 Å². The molecule has 2 rings (SSSR count). The molecule has 2 N–H and O–H groups in total. The number of anilines is 1. The number of benzene rings is 1. The van der Waals surface area contributed by atoms with E-state index in [1.807, 2.05) is 6.92 Å². The van der Waals surface area contributed by atoms with Crippen LogP contribution in [0.25, 0.3) is 10.9 Å². The van der Waals surface area contributed by atoms with E-state index in [0.29, 0.717) is 23.3 Å². The number of pyridine rings is 1. The zero-order valence-corrected chi connectivity index (χ0v) is 12.0. The summed E-state index contributed by atoms with van der Waals surface area (Å²) in [6.07, 6.45) is 0.855. The largest absolute Gasteiger partial charge is 0.376 e. The number of nitrogens with one attached hydrogen (secondary N) is 2. The molecule has 1 heterocycles. The smallest absolute Gasteiger partial charge is 0.239 e. The summed E-state index contributed by atoms with van der Waals surface area (Å²) in [4.78, 5) is 15.6. The molecule has 4 nitrogen and oxygen atoms in total. The van der Waals surface area contributed by atoms with Gasteiger partial charge in [0.25, 0.3) is 0 Å². The summed E-state index contributed by atoms with van der Waals surface area (Å²) in [6, 6.07) is 4.20. The molecule has 0 spiro atoms. The molecule has 0 saturated heterocycles. The van der Waals surface area contributed by atoms with E-state index in [4.69, 9.17) is 0 Å². The number of hydrogen-bond donors (Lipinski definition) is 2. The van der Waals surface area contributed by atoms with Crippen molar-refractivity contribution in [2.75, 3.05) is 18.4 Å². The van der Waals surface area contributed by atoms with Crippen molar-refractivity contribution in [3.05, 3.63) is 35.5 Å². The fourth-order valence-electron chi connectivity index (χ4n) is 2.01. The highest BCUT2D eigenvalue weighted by Crippen LogP contribution is 2.26. The second-order valence-corrected chi connectivity index (χ2v) is 4.77. The lowest BCUT2D eigenvalue weighted by atomic mass is 10.1. The molecule has 0 aliphatic rings. The van der Waals surface area contributed by atoms with Crippen LogP contribution in [0.1, 0.15) is 19.0 Å². The number of carbonyl (C=O) groups excluding carboxylic acids is 1. The zero-order valence-electron chi connectivity index (χ0n) is 12.0. The predicted molar refractivity (Wildman–Crippen MR) is 78.2 cm³/mol. The Labute approximate surface area is 121 Å². The quantitative estimate of drug-likeness (QED) is 0.891. The molecule has 1 aromatic carbocycles. The van der Waals surface area contributed by atoms with Crippen LogP contribution < -0.4 is 10.6 Å². The summed E-state index contributed by atoms with van der Waals surface area (Å²) in [5.74, 6) is -2.07. The molecule has 112 valence electrons. The first-order valence-electron chi connectivity index (χ1n) is 6.79. The summed E-state index contributed by atoms with van der Waals surface area (Å²) < 4.78 is 27.0. The third kappa shape index (κ3) is 3.45. The van der Waals surface area contributed by atoms with Crippen LogP contribution in [0, 0.1) is 18.6 Å². The Morgan fingerprint density at radius 1 is 1.33 bits per heavy atom. The standard InChI is InChI=1S/C15H17F2N3O/c1-3-6-18-13(21)8-19-12-7-9(2)20-15-10(12)4-5-11(16)14(15)17/h4-5,7H,3,6,8H2,1-2H3,(H,18,21)(H,19,20). The molecule has 1 amide bonds. The van der Waals surface area contributed by atoms with E-state index >= 15 is 0 Å². The average Bonchev–Trinajstić information content (AvgIpc) is 2.46. The van der Waals surface area contributed by atoms with E-state index in [2.05, 4.69) is 15.6 Å².